The van der Waals surface area contributed by atoms with Gasteiger partial charge in [0.05, 0.1) is 18.1 Å². The van der Waals surface area contributed by atoms with Crippen LogP contribution in [0, 0.1) is 5.82 Å². The van der Waals surface area contributed by atoms with Gasteiger partial charge >= 0.3 is 0 Å². The molecule has 126 valence electrons. The van der Waals surface area contributed by atoms with Gasteiger partial charge in [-0.3, -0.25) is 4.79 Å². The summed E-state index contributed by atoms with van der Waals surface area (Å²) in [5, 5.41) is 2.67. The minimum Gasteiger partial charge on any atom is -0.478 e. The summed E-state index contributed by atoms with van der Waals surface area (Å²) in [5.41, 5.74) is 0.479. The van der Waals surface area contributed by atoms with Gasteiger partial charge in [-0.15, -0.1) is 0 Å². The Morgan fingerprint density at radius 2 is 1.92 bits per heavy atom. The molecule has 2 aromatic rings. The lowest BCUT2D eigenvalue weighted by molar-refractivity contribution is -0.122. The molecule has 0 bridgehead atoms. The fourth-order valence-corrected chi connectivity index (χ4v) is 2.49. The highest BCUT2D eigenvalue weighted by Gasteiger charge is 2.18. The lowest BCUT2D eigenvalue weighted by Crippen LogP contribution is -2.30. The maximum Gasteiger partial charge on any atom is 0.265 e. The maximum atomic E-state index is 13.6. The molecule has 0 saturated carbocycles. The summed E-state index contributed by atoms with van der Waals surface area (Å²) < 4.78 is 18.9. The molecule has 0 spiro atoms. The second-order valence-corrected chi connectivity index (χ2v) is 5.65. The zero-order valence-corrected chi connectivity index (χ0v) is 13.4. The molecule has 1 saturated heterocycles. The number of amides is 1. The third kappa shape index (κ3) is 3.79. The van der Waals surface area contributed by atoms with Crippen molar-refractivity contribution in [3.8, 4) is 5.75 Å². The fraction of sp³-hybridized carbons (Fsp3) is 0.353. The number of ether oxygens (including phenoxy) is 1. The first-order valence-corrected chi connectivity index (χ1v) is 7.92. The number of halogens is 1. The SMILES string of the molecule is CC(Oc1ccccc1F)C(=O)Nc1cnc(N2CCCC2)nc1. The van der Waals surface area contributed by atoms with E-state index < -0.39 is 17.8 Å². The Morgan fingerprint density at radius 3 is 2.58 bits per heavy atom. The van der Waals surface area contributed by atoms with Crippen LogP contribution in [0.25, 0.3) is 0 Å². The summed E-state index contributed by atoms with van der Waals surface area (Å²) in [4.78, 5) is 22.8. The standard InChI is InChI=1S/C17H19FN4O2/c1-12(24-15-7-3-2-6-14(15)18)16(23)21-13-10-19-17(20-11-13)22-8-4-5-9-22/h2-3,6-7,10-12H,4-5,8-9H2,1H3,(H,21,23). The molecule has 1 atom stereocenters. The van der Waals surface area contributed by atoms with Crippen LogP contribution in [0.15, 0.2) is 36.7 Å². The van der Waals surface area contributed by atoms with Crippen LogP contribution in [0.4, 0.5) is 16.0 Å². The lowest BCUT2D eigenvalue weighted by Gasteiger charge is -2.16. The van der Waals surface area contributed by atoms with Crippen molar-refractivity contribution < 1.29 is 13.9 Å². The van der Waals surface area contributed by atoms with Crippen LogP contribution in [0.3, 0.4) is 0 Å². The molecule has 2 heterocycles. The average Bonchev–Trinajstić information content (AvgIpc) is 3.12. The van der Waals surface area contributed by atoms with E-state index >= 15 is 0 Å². The predicted molar refractivity (Wildman–Crippen MR) is 88.6 cm³/mol. The van der Waals surface area contributed by atoms with Crippen molar-refractivity contribution in [2.24, 2.45) is 0 Å². The first-order valence-electron chi connectivity index (χ1n) is 7.92. The van der Waals surface area contributed by atoms with Gasteiger partial charge in [-0.05, 0) is 31.9 Å². The van der Waals surface area contributed by atoms with Crippen LogP contribution in [0.5, 0.6) is 5.75 Å². The fourth-order valence-electron chi connectivity index (χ4n) is 2.49. The van der Waals surface area contributed by atoms with Gasteiger partial charge in [-0.25, -0.2) is 14.4 Å². The van der Waals surface area contributed by atoms with Gasteiger partial charge in [-0.1, -0.05) is 12.1 Å². The number of para-hydroxylation sites is 1. The number of carbonyl (C=O) groups excluding carboxylic acids is 1. The zero-order valence-electron chi connectivity index (χ0n) is 13.4. The Balaban J connectivity index is 1.58. The predicted octanol–water partition coefficient (Wildman–Crippen LogP) is 2.62. The molecule has 1 N–H and O–H groups in total. The van der Waals surface area contributed by atoms with E-state index in [4.69, 9.17) is 4.74 Å². The quantitative estimate of drug-likeness (QED) is 0.913. The second kappa shape index (κ2) is 7.25. The van der Waals surface area contributed by atoms with Crippen LogP contribution in [0.1, 0.15) is 19.8 Å². The number of anilines is 2. The molecule has 3 rings (SSSR count). The van der Waals surface area contributed by atoms with Gasteiger partial charge in [-0.2, -0.15) is 0 Å². The molecule has 1 aromatic carbocycles. The summed E-state index contributed by atoms with van der Waals surface area (Å²) in [6, 6.07) is 5.97. The molecule has 1 amide bonds. The van der Waals surface area contributed by atoms with Crippen LogP contribution in [-0.2, 0) is 4.79 Å². The zero-order chi connectivity index (χ0) is 16.9. The van der Waals surface area contributed by atoms with Crippen LogP contribution >= 0.6 is 0 Å². The van der Waals surface area contributed by atoms with Gasteiger partial charge in [0, 0.05) is 13.1 Å². The van der Waals surface area contributed by atoms with Crippen molar-refractivity contribution in [1.29, 1.82) is 0 Å². The Morgan fingerprint density at radius 1 is 1.25 bits per heavy atom. The highest BCUT2D eigenvalue weighted by atomic mass is 19.1. The van der Waals surface area contributed by atoms with Crippen LogP contribution < -0.4 is 15.0 Å². The summed E-state index contributed by atoms with van der Waals surface area (Å²) >= 11 is 0. The number of aromatic nitrogens is 2. The van der Waals surface area contributed by atoms with Crippen LogP contribution in [0.2, 0.25) is 0 Å². The van der Waals surface area contributed by atoms with Gasteiger partial charge < -0.3 is 15.0 Å². The van der Waals surface area contributed by atoms with E-state index in [0.717, 1.165) is 25.9 Å². The third-order valence-corrected chi connectivity index (χ3v) is 3.80. The molecule has 7 heteroatoms. The summed E-state index contributed by atoms with van der Waals surface area (Å²) in [7, 11) is 0. The minimum atomic E-state index is -0.847. The molecular weight excluding hydrogens is 311 g/mol. The number of nitrogens with one attached hydrogen (secondary N) is 1. The molecular formula is C17H19FN4O2. The number of rotatable bonds is 5. The highest BCUT2D eigenvalue weighted by Crippen LogP contribution is 2.18. The second-order valence-electron chi connectivity index (χ2n) is 5.65. The van der Waals surface area contributed by atoms with Gasteiger partial charge in [0.2, 0.25) is 5.95 Å². The molecule has 6 nitrogen and oxygen atoms in total. The molecule has 1 aliphatic heterocycles. The largest absolute Gasteiger partial charge is 0.478 e. The summed E-state index contributed by atoms with van der Waals surface area (Å²) in [5.74, 6) is -0.187. The van der Waals surface area contributed by atoms with Crippen LogP contribution in [-0.4, -0.2) is 35.1 Å². The normalized spacial score (nSPS) is 15.2. The third-order valence-electron chi connectivity index (χ3n) is 3.80. The van der Waals surface area contributed by atoms with Crippen molar-refractivity contribution in [3.05, 3.63) is 42.5 Å². The summed E-state index contributed by atoms with van der Waals surface area (Å²) in [6.45, 7) is 3.47. The monoisotopic (exact) mass is 330 g/mol. The molecule has 0 aliphatic carbocycles. The van der Waals surface area contributed by atoms with Gasteiger partial charge in [0.25, 0.3) is 5.91 Å². The Bertz CT molecular complexity index is 702. The average molecular weight is 330 g/mol. The van der Waals surface area contributed by atoms with Gasteiger partial charge in [0.1, 0.15) is 0 Å². The number of benzene rings is 1. The molecule has 24 heavy (non-hydrogen) atoms. The van der Waals surface area contributed by atoms with Crippen molar-refractivity contribution in [1.82, 2.24) is 9.97 Å². The van der Waals surface area contributed by atoms with Crippen molar-refractivity contribution in [2.75, 3.05) is 23.3 Å². The lowest BCUT2D eigenvalue weighted by atomic mass is 10.3. The summed E-state index contributed by atoms with van der Waals surface area (Å²) in [6.07, 6.45) is 4.57. The Labute approximate surface area is 139 Å². The minimum absolute atomic E-state index is 0.0424. The van der Waals surface area contributed by atoms with Crippen molar-refractivity contribution in [3.63, 3.8) is 0 Å². The molecule has 1 aliphatic rings. The maximum absolute atomic E-state index is 13.6. The first kappa shape index (κ1) is 16.2. The smallest absolute Gasteiger partial charge is 0.265 e. The number of nitrogens with zero attached hydrogens (tertiary/aromatic N) is 3. The van der Waals surface area contributed by atoms with E-state index in [9.17, 15) is 9.18 Å². The first-order chi connectivity index (χ1) is 11.6. The van der Waals surface area contributed by atoms with E-state index in [0.29, 0.717) is 11.6 Å². The molecule has 1 unspecified atom stereocenters. The van der Waals surface area contributed by atoms with Crippen molar-refractivity contribution in [2.45, 2.75) is 25.9 Å². The van der Waals surface area contributed by atoms with Crippen molar-refractivity contribution >= 4 is 17.5 Å². The van der Waals surface area contributed by atoms with E-state index in [1.165, 1.54) is 12.1 Å². The number of hydrogen-bond donors (Lipinski definition) is 1. The highest BCUT2D eigenvalue weighted by molar-refractivity contribution is 5.93. The van der Waals surface area contributed by atoms with E-state index in [2.05, 4.69) is 20.2 Å². The topological polar surface area (TPSA) is 67.3 Å². The number of carbonyl (C=O) groups is 1. The van der Waals surface area contributed by atoms with Gasteiger partial charge in [0.15, 0.2) is 17.7 Å². The molecule has 1 aromatic heterocycles. The van der Waals surface area contributed by atoms with E-state index in [1.54, 1.807) is 31.5 Å². The van der Waals surface area contributed by atoms with E-state index in [-0.39, 0.29) is 5.75 Å². The molecule has 1 fully saturated rings. The Hall–Kier alpha value is -2.70. The number of hydrogen-bond acceptors (Lipinski definition) is 5. The Kier molecular flexibility index (Phi) is 4.88. The molecule has 0 radical (unpaired) electrons. The van der Waals surface area contributed by atoms with E-state index in [1.807, 2.05) is 0 Å².